The van der Waals surface area contributed by atoms with Gasteiger partial charge in [-0.3, -0.25) is 9.67 Å². The molecule has 0 spiro atoms. The first kappa shape index (κ1) is 11.8. The lowest BCUT2D eigenvalue weighted by Gasteiger charge is -2.23. The molecule has 0 bridgehead atoms. The largest absolute Gasteiger partial charge is 0.385 e. The van der Waals surface area contributed by atoms with Crippen LogP contribution in [0.5, 0.6) is 0 Å². The van der Waals surface area contributed by atoms with Crippen LogP contribution >= 0.6 is 0 Å². The lowest BCUT2D eigenvalue weighted by atomic mass is 9.92. The summed E-state index contributed by atoms with van der Waals surface area (Å²) in [4.78, 5) is 4.04. The molecular formula is C13H17N3O. The van der Waals surface area contributed by atoms with Gasteiger partial charge in [-0.15, -0.1) is 0 Å². The summed E-state index contributed by atoms with van der Waals surface area (Å²) in [7, 11) is 1.89. The molecule has 17 heavy (non-hydrogen) atoms. The minimum atomic E-state index is -0.922. The molecule has 0 radical (unpaired) electrons. The topological polar surface area (TPSA) is 50.9 Å². The molecule has 1 unspecified atom stereocenters. The van der Waals surface area contributed by atoms with Crippen LogP contribution in [0, 0.1) is 6.92 Å². The zero-order chi connectivity index (χ0) is 12.5. The molecule has 4 nitrogen and oxygen atoms in total. The number of aromatic nitrogens is 3. The van der Waals surface area contributed by atoms with Crippen LogP contribution in [-0.2, 0) is 19.1 Å². The van der Waals surface area contributed by atoms with E-state index in [1.807, 2.05) is 32.2 Å². The average Bonchev–Trinajstić information content (AvgIpc) is 2.58. The normalized spacial score (nSPS) is 14.6. The van der Waals surface area contributed by atoms with E-state index in [1.165, 1.54) is 0 Å². The van der Waals surface area contributed by atoms with E-state index in [4.69, 9.17) is 0 Å². The van der Waals surface area contributed by atoms with Crippen LogP contribution in [0.15, 0.2) is 30.6 Å². The number of hydrogen-bond acceptors (Lipinski definition) is 3. The van der Waals surface area contributed by atoms with Crippen molar-refractivity contribution in [2.24, 2.45) is 7.05 Å². The van der Waals surface area contributed by atoms with Crippen LogP contribution in [-0.4, -0.2) is 19.9 Å². The summed E-state index contributed by atoms with van der Waals surface area (Å²) in [5.41, 5.74) is 1.87. The number of nitrogens with zero attached hydrogens (tertiary/aromatic N) is 3. The SMILES string of the molecule is Cc1cc(CC(C)(O)c2cccnc2)n(C)n1. The van der Waals surface area contributed by atoms with Gasteiger partial charge in [-0.25, -0.2) is 0 Å². The predicted octanol–water partition coefficient (Wildman–Crippen LogP) is 1.57. The van der Waals surface area contributed by atoms with Crippen LogP contribution in [0.25, 0.3) is 0 Å². The third kappa shape index (κ3) is 2.53. The second-order valence-electron chi connectivity index (χ2n) is 4.59. The van der Waals surface area contributed by atoms with Crippen molar-refractivity contribution in [1.29, 1.82) is 0 Å². The zero-order valence-corrected chi connectivity index (χ0v) is 10.4. The summed E-state index contributed by atoms with van der Waals surface area (Å²) in [6, 6.07) is 5.71. The Morgan fingerprint density at radius 2 is 2.24 bits per heavy atom. The highest BCUT2D eigenvalue weighted by molar-refractivity contribution is 5.21. The molecule has 0 fully saturated rings. The quantitative estimate of drug-likeness (QED) is 0.872. The summed E-state index contributed by atoms with van der Waals surface area (Å²) in [6.45, 7) is 3.74. The molecule has 2 heterocycles. The van der Waals surface area contributed by atoms with Gasteiger partial charge in [0.15, 0.2) is 0 Å². The zero-order valence-electron chi connectivity index (χ0n) is 10.4. The van der Waals surface area contributed by atoms with Gasteiger partial charge in [-0.1, -0.05) is 6.07 Å². The Kier molecular flexibility index (Phi) is 2.98. The molecule has 2 rings (SSSR count). The van der Waals surface area contributed by atoms with E-state index in [0.717, 1.165) is 17.0 Å². The summed E-state index contributed by atoms with van der Waals surface area (Å²) in [6.07, 6.45) is 3.92. The van der Waals surface area contributed by atoms with Crippen LogP contribution in [0.1, 0.15) is 23.9 Å². The molecule has 0 aromatic carbocycles. The minimum absolute atomic E-state index is 0.524. The van der Waals surface area contributed by atoms with Gasteiger partial charge in [0.2, 0.25) is 0 Å². The minimum Gasteiger partial charge on any atom is -0.385 e. The van der Waals surface area contributed by atoms with Gasteiger partial charge in [0, 0.05) is 37.1 Å². The van der Waals surface area contributed by atoms with Crippen LogP contribution in [0.4, 0.5) is 0 Å². The highest BCUT2D eigenvalue weighted by Gasteiger charge is 2.25. The highest BCUT2D eigenvalue weighted by atomic mass is 16.3. The van der Waals surface area contributed by atoms with Gasteiger partial charge in [0.05, 0.1) is 11.3 Å². The van der Waals surface area contributed by atoms with Crippen molar-refractivity contribution in [3.8, 4) is 0 Å². The Hall–Kier alpha value is -1.68. The van der Waals surface area contributed by atoms with E-state index < -0.39 is 5.60 Å². The van der Waals surface area contributed by atoms with Gasteiger partial charge >= 0.3 is 0 Å². The number of pyridine rings is 1. The lowest BCUT2D eigenvalue weighted by Crippen LogP contribution is -2.25. The van der Waals surface area contributed by atoms with Crippen LogP contribution < -0.4 is 0 Å². The molecule has 2 aromatic heterocycles. The van der Waals surface area contributed by atoms with E-state index in [1.54, 1.807) is 24.0 Å². The number of aryl methyl sites for hydroxylation is 2. The molecule has 2 aromatic rings. The fraction of sp³-hybridized carbons (Fsp3) is 0.385. The molecule has 1 N–H and O–H groups in total. The van der Waals surface area contributed by atoms with Crippen molar-refractivity contribution in [2.45, 2.75) is 25.9 Å². The lowest BCUT2D eigenvalue weighted by molar-refractivity contribution is 0.0552. The van der Waals surface area contributed by atoms with Crippen molar-refractivity contribution in [3.05, 3.63) is 47.5 Å². The second-order valence-corrected chi connectivity index (χ2v) is 4.59. The maximum absolute atomic E-state index is 10.5. The van der Waals surface area contributed by atoms with E-state index >= 15 is 0 Å². The molecule has 0 aliphatic heterocycles. The molecule has 90 valence electrons. The predicted molar refractivity (Wildman–Crippen MR) is 65.5 cm³/mol. The first-order valence-electron chi connectivity index (χ1n) is 5.61. The molecule has 0 aliphatic rings. The van der Waals surface area contributed by atoms with Crippen molar-refractivity contribution in [1.82, 2.24) is 14.8 Å². The van der Waals surface area contributed by atoms with Crippen LogP contribution in [0.2, 0.25) is 0 Å². The smallest absolute Gasteiger partial charge is 0.0938 e. The Bertz CT molecular complexity index is 503. The van der Waals surface area contributed by atoms with Gasteiger partial charge < -0.3 is 5.11 Å². The third-order valence-corrected chi connectivity index (χ3v) is 2.91. The van der Waals surface area contributed by atoms with Crippen molar-refractivity contribution in [2.75, 3.05) is 0 Å². The fourth-order valence-corrected chi connectivity index (χ4v) is 1.97. The summed E-state index contributed by atoms with van der Waals surface area (Å²) in [5.74, 6) is 0. The van der Waals surface area contributed by atoms with Gasteiger partial charge in [-0.05, 0) is 26.0 Å². The van der Waals surface area contributed by atoms with Crippen molar-refractivity contribution >= 4 is 0 Å². The molecule has 0 saturated heterocycles. The summed E-state index contributed by atoms with van der Waals surface area (Å²) < 4.78 is 1.81. The number of aliphatic hydroxyl groups is 1. The Morgan fingerprint density at radius 3 is 2.76 bits per heavy atom. The van der Waals surface area contributed by atoms with E-state index in [0.29, 0.717) is 6.42 Å². The number of hydrogen-bond donors (Lipinski definition) is 1. The Balaban J connectivity index is 2.26. The maximum Gasteiger partial charge on any atom is 0.0938 e. The molecule has 0 amide bonds. The molecule has 0 saturated carbocycles. The van der Waals surface area contributed by atoms with Gasteiger partial charge in [-0.2, -0.15) is 5.10 Å². The molecule has 4 heteroatoms. The van der Waals surface area contributed by atoms with Gasteiger partial charge in [0.1, 0.15) is 0 Å². The summed E-state index contributed by atoms with van der Waals surface area (Å²) >= 11 is 0. The van der Waals surface area contributed by atoms with Gasteiger partial charge in [0.25, 0.3) is 0 Å². The second kappa shape index (κ2) is 4.30. The molecule has 0 aliphatic carbocycles. The molecular weight excluding hydrogens is 214 g/mol. The Morgan fingerprint density at radius 1 is 1.47 bits per heavy atom. The maximum atomic E-state index is 10.5. The average molecular weight is 231 g/mol. The monoisotopic (exact) mass is 231 g/mol. The number of rotatable bonds is 3. The van der Waals surface area contributed by atoms with Crippen molar-refractivity contribution < 1.29 is 5.11 Å². The van der Waals surface area contributed by atoms with E-state index in [-0.39, 0.29) is 0 Å². The highest BCUT2D eigenvalue weighted by Crippen LogP contribution is 2.24. The van der Waals surface area contributed by atoms with Crippen molar-refractivity contribution in [3.63, 3.8) is 0 Å². The third-order valence-electron chi connectivity index (χ3n) is 2.91. The standard InChI is InChI=1S/C13H17N3O/c1-10-7-12(16(3)15-10)8-13(2,17)11-5-4-6-14-9-11/h4-7,9,17H,8H2,1-3H3. The molecule has 1 atom stereocenters. The van der Waals surface area contributed by atoms with Crippen LogP contribution in [0.3, 0.4) is 0 Å². The van der Waals surface area contributed by atoms with E-state index in [9.17, 15) is 5.11 Å². The van der Waals surface area contributed by atoms with E-state index in [2.05, 4.69) is 10.1 Å². The first-order chi connectivity index (χ1) is 7.99. The first-order valence-corrected chi connectivity index (χ1v) is 5.61. The summed E-state index contributed by atoms with van der Waals surface area (Å²) in [5, 5.41) is 14.8. The fourth-order valence-electron chi connectivity index (χ4n) is 1.97. The Labute approximate surface area is 101 Å².